The van der Waals surface area contributed by atoms with E-state index < -0.39 is 11.9 Å². The third-order valence-electron chi connectivity index (χ3n) is 2.51. The maximum absolute atomic E-state index is 11.2. The highest BCUT2D eigenvalue weighted by Crippen LogP contribution is 2.32. The first-order valence-electron chi connectivity index (χ1n) is 5.48. The Labute approximate surface area is 109 Å². The Morgan fingerprint density at radius 1 is 1.61 bits per heavy atom. The summed E-state index contributed by atoms with van der Waals surface area (Å²) in [6.45, 7) is 1.70. The number of carbonyl (C=O) groups excluding carboxylic acids is 1. The maximum Gasteiger partial charge on any atom is 0.307 e. The van der Waals surface area contributed by atoms with Crippen LogP contribution < -0.4 is 10.1 Å². The highest BCUT2D eigenvalue weighted by atomic mass is 32.2. The van der Waals surface area contributed by atoms with Gasteiger partial charge in [0.15, 0.2) is 6.61 Å². The van der Waals surface area contributed by atoms with Gasteiger partial charge in [0, 0.05) is 10.6 Å². The summed E-state index contributed by atoms with van der Waals surface area (Å²) in [5.74, 6) is -0.258. The number of amides is 1. The third-order valence-corrected chi connectivity index (χ3v) is 3.76. The van der Waals surface area contributed by atoms with E-state index in [4.69, 9.17) is 9.84 Å². The Morgan fingerprint density at radius 2 is 2.39 bits per heavy atom. The Balaban J connectivity index is 2.04. The van der Waals surface area contributed by atoms with Crippen LogP contribution >= 0.6 is 11.8 Å². The quantitative estimate of drug-likeness (QED) is 0.814. The van der Waals surface area contributed by atoms with E-state index in [-0.39, 0.29) is 12.5 Å². The molecule has 2 N–H and O–H groups in total. The first-order valence-corrected chi connectivity index (χ1v) is 6.47. The predicted octanol–water partition coefficient (Wildman–Crippen LogP) is 1.83. The lowest BCUT2D eigenvalue weighted by Crippen LogP contribution is -2.25. The normalized spacial score (nSPS) is 15.3. The number of anilines is 1. The monoisotopic (exact) mass is 267 g/mol. The molecule has 1 amide bonds. The minimum Gasteiger partial charge on any atom is -0.482 e. The van der Waals surface area contributed by atoms with Gasteiger partial charge in [-0.1, -0.05) is 6.92 Å². The molecule has 0 radical (unpaired) electrons. The van der Waals surface area contributed by atoms with Crippen molar-refractivity contribution in [1.82, 2.24) is 0 Å². The summed E-state index contributed by atoms with van der Waals surface area (Å²) in [6.07, 6.45) is 0. The number of hydrogen-bond acceptors (Lipinski definition) is 4. The van der Waals surface area contributed by atoms with E-state index in [9.17, 15) is 9.59 Å². The molecule has 6 heteroatoms. The molecular weight excluding hydrogens is 254 g/mol. The summed E-state index contributed by atoms with van der Waals surface area (Å²) in [4.78, 5) is 22.8. The number of benzene rings is 1. The van der Waals surface area contributed by atoms with Gasteiger partial charge in [-0.2, -0.15) is 0 Å². The first-order chi connectivity index (χ1) is 8.56. The van der Waals surface area contributed by atoms with E-state index in [0.717, 1.165) is 4.90 Å². The lowest BCUT2D eigenvalue weighted by molar-refractivity contribution is -0.140. The van der Waals surface area contributed by atoms with Gasteiger partial charge in [-0.05, 0) is 18.2 Å². The van der Waals surface area contributed by atoms with Crippen LogP contribution in [-0.2, 0) is 9.59 Å². The van der Waals surface area contributed by atoms with E-state index >= 15 is 0 Å². The number of aliphatic carboxylic acids is 1. The molecule has 2 rings (SSSR count). The van der Waals surface area contributed by atoms with E-state index in [1.54, 1.807) is 19.1 Å². The topological polar surface area (TPSA) is 75.6 Å². The fourth-order valence-electron chi connectivity index (χ4n) is 1.44. The molecule has 0 aliphatic carbocycles. The van der Waals surface area contributed by atoms with Crippen molar-refractivity contribution >= 4 is 29.3 Å². The molecule has 1 aromatic rings. The van der Waals surface area contributed by atoms with Crippen molar-refractivity contribution in [2.75, 3.05) is 17.7 Å². The third kappa shape index (κ3) is 2.95. The number of ether oxygens (including phenoxy) is 1. The van der Waals surface area contributed by atoms with Gasteiger partial charge >= 0.3 is 5.97 Å². The molecule has 0 fully saturated rings. The highest BCUT2D eigenvalue weighted by molar-refractivity contribution is 7.99. The summed E-state index contributed by atoms with van der Waals surface area (Å²) in [7, 11) is 0. The largest absolute Gasteiger partial charge is 0.482 e. The molecule has 18 heavy (non-hydrogen) atoms. The van der Waals surface area contributed by atoms with E-state index in [0.29, 0.717) is 17.2 Å². The van der Waals surface area contributed by atoms with Gasteiger partial charge in [-0.15, -0.1) is 11.8 Å². The predicted molar refractivity (Wildman–Crippen MR) is 68.1 cm³/mol. The van der Waals surface area contributed by atoms with Crippen LogP contribution in [0.3, 0.4) is 0 Å². The molecule has 96 valence electrons. The first kappa shape index (κ1) is 12.8. The molecule has 0 saturated heterocycles. The molecule has 1 aliphatic rings. The number of carboxylic acid groups (broad SMARTS) is 1. The Hall–Kier alpha value is -1.69. The number of rotatable bonds is 4. The van der Waals surface area contributed by atoms with Gasteiger partial charge in [0.2, 0.25) is 0 Å². The SMILES string of the molecule is CC(CSc1ccc2c(c1)NC(=O)CO2)C(=O)O. The van der Waals surface area contributed by atoms with Crippen LogP contribution in [0, 0.1) is 5.92 Å². The molecule has 0 bridgehead atoms. The van der Waals surface area contributed by atoms with Crippen LogP contribution in [0.1, 0.15) is 6.92 Å². The summed E-state index contributed by atoms with van der Waals surface area (Å²) in [5.41, 5.74) is 0.638. The number of carbonyl (C=O) groups is 2. The summed E-state index contributed by atoms with van der Waals surface area (Å²) >= 11 is 1.44. The van der Waals surface area contributed by atoms with Gasteiger partial charge < -0.3 is 15.2 Å². The molecule has 5 nitrogen and oxygen atoms in total. The zero-order valence-electron chi connectivity index (χ0n) is 9.80. The fraction of sp³-hybridized carbons (Fsp3) is 0.333. The average molecular weight is 267 g/mol. The van der Waals surface area contributed by atoms with Crippen LogP contribution in [-0.4, -0.2) is 29.3 Å². The Morgan fingerprint density at radius 3 is 3.11 bits per heavy atom. The molecule has 1 atom stereocenters. The van der Waals surface area contributed by atoms with Gasteiger partial charge in [0.25, 0.3) is 5.91 Å². The van der Waals surface area contributed by atoms with Crippen LogP contribution in [0.4, 0.5) is 5.69 Å². The minimum absolute atomic E-state index is 0.0372. The lowest BCUT2D eigenvalue weighted by Gasteiger charge is -2.18. The van der Waals surface area contributed by atoms with Crippen LogP contribution in [0.2, 0.25) is 0 Å². The molecule has 0 aromatic heterocycles. The van der Waals surface area contributed by atoms with Gasteiger partial charge in [-0.3, -0.25) is 9.59 Å². The van der Waals surface area contributed by atoms with Crippen molar-refractivity contribution in [3.63, 3.8) is 0 Å². The smallest absolute Gasteiger partial charge is 0.307 e. The zero-order chi connectivity index (χ0) is 13.1. The van der Waals surface area contributed by atoms with Crippen molar-refractivity contribution < 1.29 is 19.4 Å². The standard InChI is InChI=1S/C12H13NO4S/c1-7(12(15)16)6-18-8-2-3-10-9(4-8)13-11(14)5-17-10/h2-4,7H,5-6H2,1H3,(H,13,14)(H,15,16). The fourth-order valence-corrected chi connectivity index (χ4v) is 2.40. The van der Waals surface area contributed by atoms with E-state index in [1.807, 2.05) is 6.07 Å². The molecule has 0 spiro atoms. The Bertz CT molecular complexity index is 489. The van der Waals surface area contributed by atoms with Crippen LogP contribution in [0.25, 0.3) is 0 Å². The maximum atomic E-state index is 11.2. The average Bonchev–Trinajstić information content (AvgIpc) is 2.35. The van der Waals surface area contributed by atoms with E-state index in [1.165, 1.54) is 11.8 Å². The second-order valence-electron chi connectivity index (χ2n) is 4.05. The minimum atomic E-state index is -0.808. The zero-order valence-corrected chi connectivity index (χ0v) is 10.6. The molecule has 1 unspecified atom stereocenters. The number of fused-ring (bicyclic) bond motifs is 1. The van der Waals surface area contributed by atoms with Crippen molar-refractivity contribution in [3.8, 4) is 5.75 Å². The molecule has 0 saturated carbocycles. The van der Waals surface area contributed by atoms with Gasteiger partial charge in [-0.25, -0.2) is 0 Å². The molecular formula is C12H13NO4S. The van der Waals surface area contributed by atoms with Crippen molar-refractivity contribution in [1.29, 1.82) is 0 Å². The van der Waals surface area contributed by atoms with Gasteiger partial charge in [0.1, 0.15) is 5.75 Å². The highest BCUT2D eigenvalue weighted by Gasteiger charge is 2.17. The number of thioether (sulfide) groups is 1. The van der Waals surface area contributed by atoms with E-state index in [2.05, 4.69) is 5.32 Å². The van der Waals surface area contributed by atoms with Crippen LogP contribution in [0.15, 0.2) is 23.1 Å². The Kier molecular flexibility index (Phi) is 3.76. The van der Waals surface area contributed by atoms with Crippen molar-refractivity contribution in [3.05, 3.63) is 18.2 Å². The van der Waals surface area contributed by atoms with Gasteiger partial charge in [0.05, 0.1) is 11.6 Å². The number of hydrogen-bond donors (Lipinski definition) is 2. The van der Waals surface area contributed by atoms with Crippen LogP contribution in [0.5, 0.6) is 5.75 Å². The summed E-state index contributed by atoms with van der Waals surface area (Å²) < 4.78 is 5.24. The number of carboxylic acids is 1. The second kappa shape index (κ2) is 5.30. The molecule has 1 aromatic carbocycles. The summed E-state index contributed by atoms with van der Waals surface area (Å²) in [5, 5.41) is 11.5. The van der Waals surface area contributed by atoms with Crippen molar-refractivity contribution in [2.45, 2.75) is 11.8 Å². The molecule has 1 aliphatic heterocycles. The van der Waals surface area contributed by atoms with Crippen molar-refractivity contribution in [2.24, 2.45) is 5.92 Å². The second-order valence-corrected chi connectivity index (χ2v) is 5.14. The molecule has 1 heterocycles. The number of nitrogens with one attached hydrogen (secondary N) is 1. The summed E-state index contributed by atoms with van der Waals surface area (Å²) in [6, 6.07) is 5.43. The lowest BCUT2D eigenvalue weighted by atomic mass is 10.2.